The molecule has 8 nitrogen and oxygen atoms in total. The summed E-state index contributed by atoms with van der Waals surface area (Å²) >= 11 is 0. The Morgan fingerprint density at radius 2 is 1.68 bits per heavy atom. The normalized spacial score (nSPS) is 46.3. The molecule has 2 atom stereocenters. The van der Waals surface area contributed by atoms with Crippen LogP contribution in [-0.2, 0) is 15.9 Å². The maximum atomic E-state index is 11.8. The first-order valence-electron chi connectivity index (χ1n) is 10.8. The molecule has 0 spiro atoms. The minimum Gasteiger partial charge on any atom is -0.478 e. The molecule has 0 amide bonds. The van der Waals surface area contributed by atoms with Gasteiger partial charge in [-0.2, -0.15) is 0 Å². The predicted molar refractivity (Wildman–Crippen MR) is 105 cm³/mol. The van der Waals surface area contributed by atoms with Gasteiger partial charge in [-0.05, 0) is 50.2 Å². The number of carboxylic acid groups (broad SMARTS) is 2. The molecule has 2 unspecified atom stereocenters. The zero-order chi connectivity index (χ0) is 21.9. The number of carbonyl (C=O) groups is 2. The van der Waals surface area contributed by atoms with Crippen molar-refractivity contribution in [1.29, 1.82) is 0 Å². The second-order valence-corrected chi connectivity index (χ2v) is 10.7. The van der Waals surface area contributed by atoms with Gasteiger partial charge in [-0.3, -0.25) is 0 Å². The largest absolute Gasteiger partial charge is 0.478 e. The Morgan fingerprint density at radius 1 is 1.00 bits per heavy atom. The Kier molecular flexibility index (Phi) is 3.60. The highest BCUT2D eigenvalue weighted by atomic mass is 16.5. The Hall–Kier alpha value is -2.00. The lowest BCUT2D eigenvalue weighted by Gasteiger charge is -2.69. The second-order valence-electron chi connectivity index (χ2n) is 10.7. The maximum Gasteiger partial charge on any atom is 0.336 e. The van der Waals surface area contributed by atoms with Gasteiger partial charge in [0.25, 0.3) is 0 Å². The van der Waals surface area contributed by atoms with E-state index in [0.717, 1.165) is 12.8 Å². The molecular weight excluding hydrogens is 404 g/mol. The number of hydrogen-bond acceptors (Lipinski definition) is 6. The Morgan fingerprint density at radius 3 is 2.32 bits per heavy atom. The number of hydrogen-bond donors (Lipinski definition) is 4. The van der Waals surface area contributed by atoms with Crippen LogP contribution in [0.3, 0.4) is 0 Å². The first-order chi connectivity index (χ1) is 14.7. The van der Waals surface area contributed by atoms with Gasteiger partial charge < -0.3 is 29.9 Å². The number of ether oxygens (including phenoxy) is 2. The van der Waals surface area contributed by atoms with Gasteiger partial charge in [0, 0.05) is 10.8 Å². The van der Waals surface area contributed by atoms with Gasteiger partial charge >= 0.3 is 11.9 Å². The number of rotatable bonds is 6. The molecule has 4 saturated heterocycles. The van der Waals surface area contributed by atoms with Crippen LogP contribution in [0.1, 0.15) is 58.4 Å². The van der Waals surface area contributed by atoms with Gasteiger partial charge in [-0.15, -0.1) is 0 Å². The lowest BCUT2D eigenvalue weighted by molar-refractivity contribution is -0.309. The van der Waals surface area contributed by atoms with Crippen LogP contribution in [0.5, 0.6) is 0 Å². The van der Waals surface area contributed by atoms with Crippen LogP contribution >= 0.6 is 0 Å². The van der Waals surface area contributed by atoms with Crippen molar-refractivity contribution in [2.75, 3.05) is 19.8 Å². The van der Waals surface area contributed by atoms with Crippen LogP contribution in [0, 0.1) is 16.2 Å². The molecule has 4 bridgehead atoms. The van der Waals surface area contributed by atoms with Crippen LogP contribution in [0.15, 0.2) is 18.2 Å². The van der Waals surface area contributed by atoms with Crippen LogP contribution in [0.4, 0.5) is 0 Å². The summed E-state index contributed by atoms with van der Waals surface area (Å²) in [6.45, 7) is 0.797. The van der Waals surface area contributed by atoms with Crippen LogP contribution < -0.4 is 0 Å². The highest BCUT2D eigenvalue weighted by molar-refractivity contribution is 6.02. The first kappa shape index (κ1) is 19.7. The number of aromatic carboxylic acids is 2. The van der Waals surface area contributed by atoms with Crippen LogP contribution in [0.2, 0.25) is 0 Å². The zero-order valence-electron chi connectivity index (χ0n) is 17.1. The lowest BCUT2D eigenvalue weighted by atomic mass is 9.36. The van der Waals surface area contributed by atoms with E-state index < -0.39 is 34.7 Å². The Labute approximate surface area is 178 Å². The van der Waals surface area contributed by atoms with Crippen molar-refractivity contribution >= 4 is 11.9 Å². The Bertz CT molecular complexity index is 1000. The average molecular weight is 430 g/mol. The third kappa shape index (κ3) is 2.10. The monoisotopic (exact) mass is 430 g/mol. The van der Waals surface area contributed by atoms with E-state index in [-0.39, 0.29) is 28.6 Å². The van der Waals surface area contributed by atoms with Gasteiger partial charge in [0.15, 0.2) is 0 Å². The van der Waals surface area contributed by atoms with E-state index in [9.17, 15) is 30.0 Å². The molecule has 0 radical (unpaired) electrons. The molecule has 31 heavy (non-hydrogen) atoms. The van der Waals surface area contributed by atoms with E-state index >= 15 is 0 Å². The first-order valence-corrected chi connectivity index (χ1v) is 10.8. The molecular formula is C23H26O8. The predicted octanol–water partition coefficient (Wildman–Crippen LogP) is 1.47. The maximum absolute atomic E-state index is 11.8. The lowest BCUT2D eigenvalue weighted by Crippen LogP contribution is -2.78. The van der Waals surface area contributed by atoms with Gasteiger partial charge in [0.2, 0.25) is 0 Å². The van der Waals surface area contributed by atoms with E-state index in [1.54, 1.807) is 12.1 Å². The van der Waals surface area contributed by atoms with E-state index in [1.807, 2.05) is 0 Å². The van der Waals surface area contributed by atoms with Crippen molar-refractivity contribution in [2.24, 2.45) is 16.2 Å². The zero-order valence-corrected chi connectivity index (χ0v) is 17.1. The van der Waals surface area contributed by atoms with Crippen molar-refractivity contribution in [3.05, 3.63) is 34.9 Å². The van der Waals surface area contributed by atoms with E-state index in [1.165, 1.54) is 6.07 Å². The smallest absolute Gasteiger partial charge is 0.336 e. The van der Waals surface area contributed by atoms with E-state index in [0.29, 0.717) is 44.5 Å². The van der Waals surface area contributed by atoms with Crippen molar-refractivity contribution in [1.82, 2.24) is 0 Å². The number of fused-ring (bicyclic) bond motifs is 4. The highest BCUT2D eigenvalue weighted by Gasteiger charge is 2.85. The molecule has 8 aliphatic rings. The number of aliphatic hydroxyl groups is 2. The molecule has 8 fully saturated rings. The third-order valence-electron chi connectivity index (χ3n) is 9.18. The molecule has 4 aliphatic carbocycles. The molecule has 1 aromatic carbocycles. The summed E-state index contributed by atoms with van der Waals surface area (Å²) in [5, 5.41) is 40.8. The average Bonchev–Trinajstić information content (AvgIpc) is 3.39. The van der Waals surface area contributed by atoms with E-state index in [4.69, 9.17) is 9.47 Å². The molecule has 0 aromatic heterocycles. The summed E-state index contributed by atoms with van der Waals surface area (Å²) in [5.74, 6) is -2.52. The van der Waals surface area contributed by atoms with Crippen LogP contribution in [-0.4, -0.2) is 69.5 Å². The molecule has 8 heteroatoms. The summed E-state index contributed by atoms with van der Waals surface area (Å²) in [7, 11) is 0. The summed E-state index contributed by atoms with van der Waals surface area (Å²) in [5.41, 5.74) is -2.34. The molecule has 166 valence electrons. The van der Waals surface area contributed by atoms with Gasteiger partial charge in [0.05, 0.1) is 53.7 Å². The highest BCUT2D eigenvalue weighted by Crippen LogP contribution is 2.79. The standard InChI is InChI=1S/C23H26O8/c24-10-23(15(25)5-20-8-22(23,9-20)31-12-20)21-6-19(7-21,11-30-21)4-13-2-1-3-14(17(26)27)16(13)18(28)29/h1-3,15,24-25H,4-12H2,(H,26,27)(H,28,29). The van der Waals surface area contributed by atoms with Crippen molar-refractivity contribution in [2.45, 2.75) is 55.8 Å². The number of benzene rings is 1. The Balaban J connectivity index is 1.33. The fraction of sp³-hybridized carbons (Fsp3) is 0.652. The fourth-order valence-electron chi connectivity index (χ4n) is 8.16. The van der Waals surface area contributed by atoms with Gasteiger partial charge in [-0.25, -0.2) is 9.59 Å². The SMILES string of the molecule is O=C(O)c1cccc(CC23COC(C4(CO)C(O)CC56COC4(C5)C6)(C2)C3)c1C(=O)O. The molecule has 4 aliphatic heterocycles. The molecule has 1 aromatic rings. The van der Waals surface area contributed by atoms with Crippen LogP contribution in [0.25, 0.3) is 0 Å². The number of carboxylic acids is 2. The van der Waals surface area contributed by atoms with Crippen molar-refractivity contribution in [3.8, 4) is 0 Å². The topological polar surface area (TPSA) is 134 Å². The summed E-state index contributed by atoms with van der Waals surface area (Å²) in [6.07, 6.45) is 3.16. The summed E-state index contributed by atoms with van der Waals surface area (Å²) < 4.78 is 12.6. The van der Waals surface area contributed by atoms with Gasteiger partial charge in [-0.1, -0.05) is 12.1 Å². The van der Waals surface area contributed by atoms with Crippen molar-refractivity contribution in [3.63, 3.8) is 0 Å². The summed E-state index contributed by atoms with van der Waals surface area (Å²) in [6, 6.07) is 4.55. The third-order valence-corrected chi connectivity index (χ3v) is 9.18. The minimum atomic E-state index is -1.27. The minimum absolute atomic E-state index is 0.0435. The quantitative estimate of drug-likeness (QED) is 0.533. The van der Waals surface area contributed by atoms with Gasteiger partial charge in [0.1, 0.15) is 0 Å². The van der Waals surface area contributed by atoms with Crippen molar-refractivity contribution < 1.29 is 39.5 Å². The molecule has 4 heterocycles. The molecule has 4 N–H and O–H groups in total. The second kappa shape index (κ2) is 5.67. The molecule has 4 saturated carbocycles. The number of aliphatic hydroxyl groups excluding tert-OH is 2. The fourth-order valence-corrected chi connectivity index (χ4v) is 8.16. The van der Waals surface area contributed by atoms with E-state index in [2.05, 4.69) is 0 Å². The molecule has 9 rings (SSSR count). The summed E-state index contributed by atoms with van der Waals surface area (Å²) in [4.78, 5) is 23.4.